The lowest BCUT2D eigenvalue weighted by atomic mass is 10.2. The second kappa shape index (κ2) is 8.09. The lowest BCUT2D eigenvalue weighted by Gasteiger charge is -2.18. The summed E-state index contributed by atoms with van der Waals surface area (Å²) >= 11 is 9.50. The van der Waals surface area contributed by atoms with Crippen LogP contribution in [0.25, 0.3) is 0 Å². The first-order valence-corrected chi connectivity index (χ1v) is 7.21. The van der Waals surface area contributed by atoms with E-state index >= 15 is 0 Å². The molecule has 0 radical (unpaired) electrons. The molecule has 0 saturated carbocycles. The van der Waals surface area contributed by atoms with Crippen LogP contribution in [0.3, 0.4) is 0 Å². The Hall–Kier alpha value is -0.0900. The third-order valence-electron chi connectivity index (χ3n) is 2.82. The Bertz CT molecular complexity index is 340. The number of hydrogen-bond donors (Lipinski definition) is 1. The van der Waals surface area contributed by atoms with Gasteiger partial charge in [0.2, 0.25) is 0 Å². The average Bonchev–Trinajstić information content (AvgIpc) is 2.33. The first kappa shape index (κ1) is 15.0. The molecule has 1 N–H and O–H groups in total. The maximum Gasteiger partial charge on any atom is 0.0410 e. The van der Waals surface area contributed by atoms with E-state index in [4.69, 9.17) is 11.6 Å². The van der Waals surface area contributed by atoms with Gasteiger partial charge in [-0.1, -0.05) is 41.4 Å². The number of likely N-dealkylation sites (N-methyl/N-ethyl adjacent to an activating group) is 1. The van der Waals surface area contributed by atoms with Gasteiger partial charge < -0.3 is 10.2 Å². The highest BCUT2D eigenvalue weighted by Crippen LogP contribution is 2.20. The van der Waals surface area contributed by atoms with Crippen molar-refractivity contribution in [3.8, 4) is 0 Å². The van der Waals surface area contributed by atoms with Crippen LogP contribution in [-0.2, 0) is 6.54 Å². The number of hydrogen-bond acceptors (Lipinski definition) is 2. The fourth-order valence-corrected chi connectivity index (χ4v) is 2.26. The number of benzene rings is 1. The van der Waals surface area contributed by atoms with Crippen LogP contribution in [0.15, 0.2) is 22.7 Å². The van der Waals surface area contributed by atoms with Gasteiger partial charge in [0.15, 0.2) is 0 Å². The zero-order valence-electron chi connectivity index (χ0n) is 10.5. The quantitative estimate of drug-likeness (QED) is 0.773. The van der Waals surface area contributed by atoms with E-state index in [0.717, 1.165) is 42.2 Å². The van der Waals surface area contributed by atoms with E-state index in [-0.39, 0.29) is 0 Å². The molecule has 0 aliphatic rings. The Morgan fingerprint density at radius 2 is 2.00 bits per heavy atom. The minimum Gasteiger partial charge on any atom is -0.311 e. The van der Waals surface area contributed by atoms with Crippen LogP contribution in [0.1, 0.15) is 19.4 Å². The van der Waals surface area contributed by atoms with Crippen LogP contribution < -0.4 is 5.32 Å². The number of nitrogens with one attached hydrogen (secondary N) is 1. The van der Waals surface area contributed by atoms with Gasteiger partial charge in [0.25, 0.3) is 0 Å². The fraction of sp³-hybridized carbons (Fsp3) is 0.538. The Balaban J connectivity index is 2.33. The van der Waals surface area contributed by atoms with Crippen molar-refractivity contribution in [2.45, 2.75) is 20.4 Å². The first-order valence-electron chi connectivity index (χ1n) is 6.04. The van der Waals surface area contributed by atoms with Crippen LogP contribution in [0.5, 0.6) is 0 Å². The minimum absolute atomic E-state index is 0.786. The van der Waals surface area contributed by atoms with Crippen LogP contribution in [0, 0.1) is 0 Å². The molecule has 0 amide bonds. The van der Waals surface area contributed by atoms with Gasteiger partial charge in [-0.2, -0.15) is 0 Å². The third-order valence-corrected chi connectivity index (χ3v) is 3.83. The van der Waals surface area contributed by atoms with Crippen molar-refractivity contribution in [2.75, 3.05) is 26.2 Å². The van der Waals surface area contributed by atoms with Gasteiger partial charge in [-0.05, 0) is 36.9 Å². The molecule has 0 spiro atoms. The summed E-state index contributed by atoms with van der Waals surface area (Å²) < 4.78 is 1.11. The summed E-state index contributed by atoms with van der Waals surface area (Å²) in [5, 5.41) is 4.22. The number of nitrogens with zero attached hydrogens (tertiary/aromatic N) is 1. The van der Waals surface area contributed by atoms with Crippen molar-refractivity contribution in [3.05, 3.63) is 33.3 Å². The minimum atomic E-state index is 0.786. The molecule has 0 bridgehead atoms. The summed E-state index contributed by atoms with van der Waals surface area (Å²) in [5.41, 5.74) is 1.21. The van der Waals surface area contributed by atoms with E-state index in [1.807, 2.05) is 18.2 Å². The summed E-state index contributed by atoms with van der Waals surface area (Å²) in [6.07, 6.45) is 0. The predicted octanol–water partition coefficient (Wildman–Crippen LogP) is 3.53. The Morgan fingerprint density at radius 1 is 1.29 bits per heavy atom. The maximum absolute atomic E-state index is 5.97. The predicted molar refractivity (Wildman–Crippen MR) is 78.6 cm³/mol. The molecule has 0 aliphatic carbocycles. The highest BCUT2D eigenvalue weighted by atomic mass is 79.9. The highest BCUT2D eigenvalue weighted by molar-refractivity contribution is 9.10. The first-order chi connectivity index (χ1) is 8.17. The smallest absolute Gasteiger partial charge is 0.0410 e. The molecular formula is C13H20BrClN2. The zero-order chi connectivity index (χ0) is 12.7. The van der Waals surface area contributed by atoms with Gasteiger partial charge in [0, 0.05) is 29.1 Å². The molecule has 0 aromatic heterocycles. The second-order valence-electron chi connectivity index (χ2n) is 3.94. The summed E-state index contributed by atoms with van der Waals surface area (Å²) in [6, 6.07) is 5.88. The summed E-state index contributed by atoms with van der Waals surface area (Å²) in [5.74, 6) is 0. The largest absolute Gasteiger partial charge is 0.311 e. The van der Waals surface area contributed by atoms with Gasteiger partial charge in [-0.3, -0.25) is 0 Å². The molecule has 1 aromatic rings. The molecule has 96 valence electrons. The summed E-state index contributed by atoms with van der Waals surface area (Å²) in [4.78, 5) is 2.40. The molecule has 0 saturated heterocycles. The van der Waals surface area contributed by atoms with E-state index in [0.29, 0.717) is 0 Å². The van der Waals surface area contributed by atoms with E-state index in [2.05, 4.69) is 40.0 Å². The van der Waals surface area contributed by atoms with Crippen molar-refractivity contribution in [3.63, 3.8) is 0 Å². The average molecular weight is 320 g/mol. The van der Waals surface area contributed by atoms with E-state index in [1.165, 1.54) is 5.56 Å². The molecule has 0 atom stereocenters. The van der Waals surface area contributed by atoms with Crippen LogP contribution in [0.4, 0.5) is 0 Å². The molecule has 1 aromatic carbocycles. The Labute approximate surface area is 117 Å². The molecule has 0 heterocycles. The lowest BCUT2D eigenvalue weighted by molar-refractivity contribution is 0.302. The topological polar surface area (TPSA) is 15.3 Å². The van der Waals surface area contributed by atoms with Crippen LogP contribution in [0.2, 0.25) is 5.02 Å². The molecule has 1 rings (SSSR count). The fourth-order valence-electron chi connectivity index (χ4n) is 1.68. The van der Waals surface area contributed by atoms with Crippen molar-refractivity contribution in [1.29, 1.82) is 0 Å². The van der Waals surface area contributed by atoms with Crippen molar-refractivity contribution in [1.82, 2.24) is 10.2 Å². The second-order valence-corrected chi connectivity index (χ2v) is 5.23. The van der Waals surface area contributed by atoms with Crippen LogP contribution in [-0.4, -0.2) is 31.1 Å². The maximum atomic E-state index is 5.97. The van der Waals surface area contributed by atoms with Gasteiger partial charge in [-0.15, -0.1) is 0 Å². The monoisotopic (exact) mass is 318 g/mol. The van der Waals surface area contributed by atoms with E-state index in [9.17, 15) is 0 Å². The van der Waals surface area contributed by atoms with E-state index < -0.39 is 0 Å². The molecule has 0 unspecified atom stereocenters. The van der Waals surface area contributed by atoms with Gasteiger partial charge in [0.05, 0.1) is 0 Å². The van der Waals surface area contributed by atoms with Crippen LogP contribution >= 0.6 is 27.5 Å². The standard InChI is InChI=1S/C13H20BrClN2/c1-3-17(4-2)8-7-16-10-11-9-12(15)5-6-13(11)14/h5-6,9,16H,3-4,7-8,10H2,1-2H3. The SMILES string of the molecule is CCN(CC)CCNCc1cc(Cl)ccc1Br. The van der Waals surface area contributed by atoms with Gasteiger partial charge in [0.1, 0.15) is 0 Å². The van der Waals surface area contributed by atoms with E-state index in [1.54, 1.807) is 0 Å². The number of rotatable bonds is 7. The molecular weight excluding hydrogens is 300 g/mol. The molecule has 17 heavy (non-hydrogen) atoms. The van der Waals surface area contributed by atoms with Gasteiger partial charge in [-0.25, -0.2) is 0 Å². The molecule has 0 fully saturated rings. The Morgan fingerprint density at radius 3 is 2.65 bits per heavy atom. The van der Waals surface area contributed by atoms with Crippen molar-refractivity contribution >= 4 is 27.5 Å². The lowest BCUT2D eigenvalue weighted by Crippen LogP contribution is -2.31. The molecule has 0 aliphatic heterocycles. The molecule has 2 nitrogen and oxygen atoms in total. The zero-order valence-corrected chi connectivity index (χ0v) is 12.8. The normalized spacial score (nSPS) is 11.1. The Kier molecular flexibility index (Phi) is 7.12. The number of halogens is 2. The highest BCUT2D eigenvalue weighted by Gasteiger charge is 2.01. The van der Waals surface area contributed by atoms with Gasteiger partial charge >= 0.3 is 0 Å². The summed E-state index contributed by atoms with van der Waals surface area (Å²) in [7, 11) is 0. The molecule has 4 heteroatoms. The third kappa shape index (κ3) is 5.38. The van der Waals surface area contributed by atoms with Crippen molar-refractivity contribution < 1.29 is 0 Å². The van der Waals surface area contributed by atoms with Crippen molar-refractivity contribution in [2.24, 2.45) is 0 Å². The summed E-state index contributed by atoms with van der Waals surface area (Å²) in [6.45, 7) is 9.54.